The van der Waals surface area contributed by atoms with Gasteiger partial charge in [-0.3, -0.25) is 0 Å². The second kappa shape index (κ2) is 4.04. The van der Waals surface area contributed by atoms with Crippen LogP contribution in [-0.2, 0) is 6.42 Å². The van der Waals surface area contributed by atoms with Crippen LogP contribution in [0.15, 0.2) is 42.5 Å². The van der Waals surface area contributed by atoms with Crippen molar-refractivity contribution in [3.63, 3.8) is 0 Å². The van der Waals surface area contributed by atoms with Crippen LogP contribution in [0.4, 0.5) is 5.69 Å². The number of aromatic amines is 1. The van der Waals surface area contributed by atoms with Gasteiger partial charge in [-0.05, 0) is 36.2 Å². The van der Waals surface area contributed by atoms with Gasteiger partial charge in [0, 0.05) is 33.7 Å². The largest absolute Gasteiger partial charge is 0.384 e. The highest BCUT2D eigenvalue weighted by atomic mass is 35.5. The maximum atomic E-state index is 6.13. The smallest absolute Gasteiger partial charge is 0.0518 e. The Hall–Kier alpha value is -1.93. The highest BCUT2D eigenvalue weighted by Gasteiger charge is 2.18. The second-order valence-electron chi connectivity index (χ2n) is 4.89. The summed E-state index contributed by atoms with van der Waals surface area (Å²) < 4.78 is 0. The predicted molar refractivity (Wildman–Crippen MR) is 80.9 cm³/mol. The number of hydrogen-bond acceptors (Lipinski definition) is 1. The number of H-pyrrole nitrogens is 1. The zero-order valence-electron chi connectivity index (χ0n) is 10.3. The Morgan fingerprint density at radius 1 is 1.05 bits per heavy atom. The van der Waals surface area contributed by atoms with E-state index in [1.165, 1.54) is 27.9 Å². The topological polar surface area (TPSA) is 27.8 Å². The lowest BCUT2D eigenvalue weighted by Crippen LogP contribution is -2.02. The monoisotopic (exact) mass is 268 g/mol. The van der Waals surface area contributed by atoms with E-state index in [9.17, 15) is 0 Å². The van der Waals surface area contributed by atoms with E-state index in [1.54, 1.807) is 0 Å². The molecule has 1 aliphatic heterocycles. The number of para-hydroxylation sites is 1. The molecule has 94 valence electrons. The number of halogens is 1. The maximum absolute atomic E-state index is 6.13. The lowest BCUT2D eigenvalue weighted by molar-refractivity contribution is 1.05. The zero-order valence-corrected chi connectivity index (χ0v) is 11.1. The molecule has 0 fully saturated rings. The summed E-state index contributed by atoms with van der Waals surface area (Å²) in [4.78, 5) is 3.54. The minimum absolute atomic E-state index is 0.791. The summed E-state index contributed by atoms with van der Waals surface area (Å²) in [5, 5.41) is 5.51. The molecule has 2 N–H and O–H groups in total. The molecule has 2 heterocycles. The van der Waals surface area contributed by atoms with Crippen molar-refractivity contribution < 1.29 is 0 Å². The van der Waals surface area contributed by atoms with Crippen LogP contribution in [-0.4, -0.2) is 11.5 Å². The molecule has 0 saturated carbocycles. The summed E-state index contributed by atoms with van der Waals surface area (Å²) in [6, 6.07) is 14.5. The Bertz CT molecular complexity index is 774. The van der Waals surface area contributed by atoms with Crippen LogP contribution in [0.25, 0.3) is 22.2 Å². The van der Waals surface area contributed by atoms with Crippen LogP contribution >= 0.6 is 11.6 Å². The number of hydrogen-bond donors (Lipinski definition) is 2. The van der Waals surface area contributed by atoms with Crippen molar-refractivity contribution in [1.29, 1.82) is 0 Å². The Kier molecular flexibility index (Phi) is 2.32. The molecule has 1 aliphatic rings. The van der Waals surface area contributed by atoms with E-state index in [4.69, 9.17) is 11.6 Å². The van der Waals surface area contributed by atoms with Gasteiger partial charge in [0.2, 0.25) is 0 Å². The van der Waals surface area contributed by atoms with Crippen LogP contribution < -0.4 is 5.32 Å². The first-order valence-corrected chi connectivity index (χ1v) is 6.84. The molecule has 19 heavy (non-hydrogen) atoms. The van der Waals surface area contributed by atoms with Gasteiger partial charge in [0.1, 0.15) is 0 Å². The van der Waals surface area contributed by atoms with Gasteiger partial charge in [0.15, 0.2) is 0 Å². The number of fused-ring (bicyclic) bond motifs is 5. The van der Waals surface area contributed by atoms with Crippen molar-refractivity contribution in [2.24, 2.45) is 0 Å². The van der Waals surface area contributed by atoms with E-state index in [1.807, 2.05) is 6.07 Å². The number of rotatable bonds is 0. The first-order valence-electron chi connectivity index (χ1n) is 6.46. The minimum Gasteiger partial charge on any atom is -0.384 e. The Labute approximate surface area is 116 Å². The second-order valence-corrected chi connectivity index (χ2v) is 5.33. The molecule has 0 aliphatic carbocycles. The number of nitrogens with one attached hydrogen (secondary N) is 2. The summed E-state index contributed by atoms with van der Waals surface area (Å²) in [5.41, 5.74) is 6.17. The van der Waals surface area contributed by atoms with E-state index >= 15 is 0 Å². The number of benzene rings is 2. The van der Waals surface area contributed by atoms with Gasteiger partial charge in [-0.25, -0.2) is 0 Å². The van der Waals surface area contributed by atoms with Crippen molar-refractivity contribution in [3.05, 3.63) is 53.1 Å². The van der Waals surface area contributed by atoms with Gasteiger partial charge in [0.05, 0.1) is 5.69 Å². The van der Waals surface area contributed by atoms with Crippen LogP contribution in [0.1, 0.15) is 5.56 Å². The molecule has 0 amide bonds. The van der Waals surface area contributed by atoms with Crippen LogP contribution in [0, 0.1) is 0 Å². The first-order chi connectivity index (χ1) is 9.33. The molecule has 3 aromatic rings. The molecule has 4 rings (SSSR count). The molecule has 0 spiro atoms. The van der Waals surface area contributed by atoms with E-state index < -0.39 is 0 Å². The average molecular weight is 269 g/mol. The molecular weight excluding hydrogens is 256 g/mol. The van der Waals surface area contributed by atoms with E-state index in [0.29, 0.717) is 0 Å². The average Bonchev–Trinajstić information content (AvgIpc) is 2.67. The molecule has 0 atom stereocenters. The van der Waals surface area contributed by atoms with Crippen molar-refractivity contribution in [2.75, 3.05) is 11.9 Å². The summed E-state index contributed by atoms with van der Waals surface area (Å²) in [6.07, 6.45) is 1.00. The summed E-state index contributed by atoms with van der Waals surface area (Å²) in [6.45, 7) is 0.948. The predicted octanol–water partition coefficient (Wildman–Crippen LogP) is 4.46. The molecule has 0 radical (unpaired) electrons. The lowest BCUT2D eigenvalue weighted by atomic mass is 10.0. The third-order valence-corrected chi connectivity index (χ3v) is 3.99. The molecule has 0 saturated heterocycles. The molecule has 2 aromatic carbocycles. The SMILES string of the molecule is Clc1ccc2[nH]c3c(c2c1)CCNc1ccccc1-3. The van der Waals surface area contributed by atoms with Gasteiger partial charge in [-0.15, -0.1) is 0 Å². The summed E-state index contributed by atoms with van der Waals surface area (Å²) >= 11 is 6.13. The van der Waals surface area contributed by atoms with Crippen LogP contribution in [0.5, 0.6) is 0 Å². The van der Waals surface area contributed by atoms with Gasteiger partial charge in [0.25, 0.3) is 0 Å². The maximum Gasteiger partial charge on any atom is 0.0518 e. The highest BCUT2D eigenvalue weighted by Crippen LogP contribution is 2.37. The Morgan fingerprint density at radius 3 is 2.89 bits per heavy atom. The van der Waals surface area contributed by atoms with Gasteiger partial charge in [-0.1, -0.05) is 29.8 Å². The Balaban J connectivity index is 2.08. The van der Waals surface area contributed by atoms with Gasteiger partial charge >= 0.3 is 0 Å². The first kappa shape index (κ1) is 10.9. The fourth-order valence-electron chi connectivity index (χ4n) is 2.89. The fourth-order valence-corrected chi connectivity index (χ4v) is 3.06. The van der Waals surface area contributed by atoms with Crippen molar-refractivity contribution in [3.8, 4) is 11.3 Å². The number of aromatic nitrogens is 1. The fraction of sp³-hybridized carbons (Fsp3) is 0.125. The summed E-state index contributed by atoms with van der Waals surface area (Å²) in [5.74, 6) is 0. The standard InChI is InChI=1S/C16H13ClN2/c17-10-5-6-15-13(9-10)11-7-8-18-14-4-2-1-3-12(14)16(11)19-15/h1-6,9,18-19H,7-8H2. The summed E-state index contributed by atoms with van der Waals surface area (Å²) in [7, 11) is 0. The molecule has 1 aromatic heterocycles. The van der Waals surface area contributed by atoms with Crippen molar-refractivity contribution in [2.45, 2.75) is 6.42 Å². The molecule has 3 heteroatoms. The van der Waals surface area contributed by atoms with Crippen LogP contribution in [0.2, 0.25) is 5.02 Å². The van der Waals surface area contributed by atoms with E-state index in [0.717, 1.165) is 23.5 Å². The van der Waals surface area contributed by atoms with Crippen molar-refractivity contribution >= 4 is 28.2 Å². The Morgan fingerprint density at radius 2 is 1.95 bits per heavy atom. The molecule has 2 nitrogen and oxygen atoms in total. The quantitative estimate of drug-likeness (QED) is 0.619. The highest BCUT2D eigenvalue weighted by molar-refractivity contribution is 6.31. The van der Waals surface area contributed by atoms with Crippen LogP contribution in [0.3, 0.4) is 0 Å². The van der Waals surface area contributed by atoms with Gasteiger partial charge in [-0.2, -0.15) is 0 Å². The zero-order chi connectivity index (χ0) is 12.8. The van der Waals surface area contributed by atoms with E-state index in [-0.39, 0.29) is 0 Å². The molecule has 0 unspecified atom stereocenters. The lowest BCUT2D eigenvalue weighted by Gasteiger charge is -2.06. The van der Waals surface area contributed by atoms with E-state index in [2.05, 4.69) is 46.7 Å². The molecular formula is C16H13ClN2. The van der Waals surface area contributed by atoms with Crippen molar-refractivity contribution in [1.82, 2.24) is 4.98 Å². The third kappa shape index (κ3) is 1.64. The molecule has 0 bridgehead atoms. The number of anilines is 1. The third-order valence-electron chi connectivity index (χ3n) is 3.76. The minimum atomic E-state index is 0.791. The normalized spacial score (nSPS) is 13.5. The van der Waals surface area contributed by atoms with Gasteiger partial charge < -0.3 is 10.3 Å².